The van der Waals surface area contributed by atoms with Crippen molar-refractivity contribution in [3.8, 4) is 11.5 Å². The molecule has 0 aliphatic carbocycles. The van der Waals surface area contributed by atoms with Gasteiger partial charge in [0, 0.05) is 23.8 Å². The number of imidazole rings is 1. The van der Waals surface area contributed by atoms with Gasteiger partial charge in [0.15, 0.2) is 5.82 Å². The number of rotatable bonds is 2. The molecule has 0 aliphatic heterocycles. The van der Waals surface area contributed by atoms with Crippen LogP contribution in [0.15, 0.2) is 30.5 Å². The Balaban J connectivity index is 2.25. The molecule has 1 N–H and O–H groups in total. The van der Waals surface area contributed by atoms with Crippen LogP contribution in [-0.2, 0) is 19.1 Å². The molecule has 0 unspecified atom stereocenters. The number of halogens is 1. The first-order chi connectivity index (χ1) is 10.8. The number of hydrogen-bond donors (Lipinski definition) is 1. The minimum Gasteiger partial charge on any atom is -0.392 e. The van der Waals surface area contributed by atoms with Crippen LogP contribution in [-0.4, -0.2) is 19.6 Å². The molecule has 4 nitrogen and oxygen atoms in total. The second-order valence-corrected chi connectivity index (χ2v) is 7.13. The average molecular weight is 330 g/mol. The number of pyridine rings is 1. The molecule has 0 bridgehead atoms. The Kier molecular flexibility index (Phi) is 3.90. The normalized spacial score (nSPS) is 12.1. The minimum atomic E-state index is -0.168. The maximum Gasteiger partial charge on any atom is 0.159 e. The predicted octanol–water partition coefficient (Wildman–Crippen LogP) is 4.08. The van der Waals surface area contributed by atoms with Crippen molar-refractivity contribution < 1.29 is 5.11 Å². The highest BCUT2D eigenvalue weighted by atomic mass is 35.5. The Morgan fingerprint density at radius 1 is 1.22 bits per heavy atom. The van der Waals surface area contributed by atoms with Crippen molar-refractivity contribution >= 4 is 22.6 Å². The van der Waals surface area contributed by atoms with Gasteiger partial charge in [-0.3, -0.25) is 4.98 Å². The summed E-state index contributed by atoms with van der Waals surface area (Å²) in [6.45, 7) is 6.40. The van der Waals surface area contributed by atoms with Crippen molar-refractivity contribution in [2.45, 2.75) is 32.8 Å². The number of fused-ring (bicyclic) bond motifs is 1. The number of benzene rings is 1. The van der Waals surface area contributed by atoms with E-state index in [1.54, 1.807) is 12.3 Å². The summed E-state index contributed by atoms with van der Waals surface area (Å²) >= 11 is 6.18. The molecule has 0 spiro atoms. The predicted molar refractivity (Wildman–Crippen MR) is 93.6 cm³/mol. The van der Waals surface area contributed by atoms with Gasteiger partial charge >= 0.3 is 0 Å². The molecule has 3 rings (SSSR count). The first-order valence-electron chi connectivity index (χ1n) is 7.54. The van der Waals surface area contributed by atoms with Crippen LogP contribution in [0.5, 0.6) is 0 Å². The third-order valence-corrected chi connectivity index (χ3v) is 4.47. The van der Waals surface area contributed by atoms with Gasteiger partial charge in [-0.05, 0) is 29.2 Å². The topological polar surface area (TPSA) is 50.9 Å². The first kappa shape index (κ1) is 16.0. The third kappa shape index (κ3) is 2.73. The van der Waals surface area contributed by atoms with Crippen molar-refractivity contribution in [3.63, 3.8) is 0 Å². The van der Waals surface area contributed by atoms with Crippen molar-refractivity contribution in [2.24, 2.45) is 7.05 Å². The monoisotopic (exact) mass is 329 g/mol. The van der Waals surface area contributed by atoms with Gasteiger partial charge in [-0.1, -0.05) is 38.4 Å². The number of aliphatic hydroxyl groups excluding tert-OH is 1. The zero-order valence-electron chi connectivity index (χ0n) is 13.8. The smallest absolute Gasteiger partial charge is 0.159 e. The van der Waals surface area contributed by atoms with E-state index in [2.05, 4.69) is 42.9 Å². The largest absolute Gasteiger partial charge is 0.392 e. The van der Waals surface area contributed by atoms with Crippen LogP contribution in [0, 0.1) is 0 Å². The van der Waals surface area contributed by atoms with E-state index in [0.717, 1.165) is 11.0 Å². The third-order valence-electron chi connectivity index (χ3n) is 4.12. The van der Waals surface area contributed by atoms with Crippen molar-refractivity contribution in [2.75, 3.05) is 0 Å². The highest BCUT2D eigenvalue weighted by Crippen LogP contribution is 2.31. The van der Waals surface area contributed by atoms with Gasteiger partial charge in [0.25, 0.3) is 0 Å². The second kappa shape index (κ2) is 5.62. The molecule has 2 aromatic heterocycles. The number of aliphatic hydroxyl groups is 1. The van der Waals surface area contributed by atoms with Gasteiger partial charge in [-0.15, -0.1) is 0 Å². The van der Waals surface area contributed by atoms with E-state index >= 15 is 0 Å². The minimum absolute atomic E-state index is 0.0726. The molecule has 120 valence electrons. The summed E-state index contributed by atoms with van der Waals surface area (Å²) in [5, 5.41) is 10.1. The number of aryl methyl sites for hydroxylation is 1. The lowest BCUT2D eigenvalue weighted by atomic mass is 9.87. The molecule has 0 amide bonds. The fourth-order valence-electron chi connectivity index (χ4n) is 2.68. The number of nitrogens with zero attached hydrogens (tertiary/aromatic N) is 3. The molecule has 0 aliphatic rings. The van der Waals surface area contributed by atoms with Crippen LogP contribution in [0.3, 0.4) is 0 Å². The Morgan fingerprint density at radius 2 is 1.96 bits per heavy atom. The molecule has 5 heteroatoms. The Morgan fingerprint density at radius 3 is 2.61 bits per heavy atom. The summed E-state index contributed by atoms with van der Waals surface area (Å²) in [5.74, 6) is 0.706. The van der Waals surface area contributed by atoms with Crippen molar-refractivity contribution in [1.29, 1.82) is 0 Å². The highest BCUT2D eigenvalue weighted by Gasteiger charge is 2.19. The zero-order chi connectivity index (χ0) is 16.8. The molecule has 0 atom stereocenters. The average Bonchev–Trinajstić information content (AvgIpc) is 2.82. The lowest BCUT2D eigenvalue weighted by Gasteiger charge is -2.18. The van der Waals surface area contributed by atoms with Crippen molar-refractivity contribution in [3.05, 3.63) is 46.6 Å². The van der Waals surface area contributed by atoms with Crippen LogP contribution < -0.4 is 0 Å². The quantitative estimate of drug-likeness (QED) is 0.770. The molecule has 1 aromatic carbocycles. The number of hydrogen-bond acceptors (Lipinski definition) is 3. The van der Waals surface area contributed by atoms with Gasteiger partial charge in [0.05, 0.1) is 17.6 Å². The van der Waals surface area contributed by atoms with Gasteiger partial charge in [0.2, 0.25) is 0 Å². The van der Waals surface area contributed by atoms with Crippen LogP contribution in [0.4, 0.5) is 0 Å². The SMILES string of the molecule is Cn1c(-c2nccc(Cl)c2CO)nc2ccc(C(C)(C)C)cc21. The van der Waals surface area contributed by atoms with E-state index in [9.17, 15) is 5.11 Å². The highest BCUT2D eigenvalue weighted by molar-refractivity contribution is 6.31. The maximum absolute atomic E-state index is 9.62. The van der Waals surface area contributed by atoms with Gasteiger partial charge in [-0.2, -0.15) is 0 Å². The molecule has 3 aromatic rings. The Hall–Kier alpha value is -1.91. The first-order valence-corrected chi connectivity index (χ1v) is 7.92. The van der Waals surface area contributed by atoms with Gasteiger partial charge in [-0.25, -0.2) is 4.98 Å². The molecular weight excluding hydrogens is 310 g/mol. The lowest BCUT2D eigenvalue weighted by molar-refractivity contribution is 0.282. The fraction of sp³-hybridized carbons (Fsp3) is 0.333. The summed E-state index contributed by atoms with van der Waals surface area (Å²) in [4.78, 5) is 9.07. The summed E-state index contributed by atoms with van der Waals surface area (Å²) in [5.41, 5.74) is 4.49. The molecule has 2 heterocycles. The molecule has 0 saturated carbocycles. The van der Waals surface area contributed by atoms with Crippen LogP contribution in [0.1, 0.15) is 31.9 Å². The van der Waals surface area contributed by atoms with Crippen molar-refractivity contribution in [1.82, 2.24) is 14.5 Å². The van der Waals surface area contributed by atoms with E-state index in [-0.39, 0.29) is 12.0 Å². The Labute approximate surface area is 140 Å². The van der Waals surface area contributed by atoms with E-state index in [1.807, 2.05) is 17.7 Å². The number of aromatic nitrogens is 3. The van der Waals surface area contributed by atoms with Crippen LogP contribution in [0.25, 0.3) is 22.6 Å². The molecule has 0 radical (unpaired) electrons. The Bertz CT molecular complexity index is 878. The molecule has 23 heavy (non-hydrogen) atoms. The van der Waals surface area contributed by atoms with Crippen LogP contribution >= 0.6 is 11.6 Å². The zero-order valence-corrected chi connectivity index (χ0v) is 14.5. The summed E-state index contributed by atoms with van der Waals surface area (Å²) in [7, 11) is 1.96. The molecule has 0 fully saturated rings. The second-order valence-electron chi connectivity index (χ2n) is 6.73. The maximum atomic E-state index is 9.62. The summed E-state index contributed by atoms with van der Waals surface area (Å²) in [6, 6.07) is 7.98. The van der Waals surface area contributed by atoms with E-state index in [1.165, 1.54) is 5.56 Å². The van der Waals surface area contributed by atoms with Gasteiger partial charge < -0.3 is 9.67 Å². The standard InChI is InChI=1S/C18H20ClN3O/c1-18(2,3)11-5-6-14-15(9-11)22(4)17(21-14)16-12(10-23)13(19)7-8-20-16/h5-9,23H,10H2,1-4H3. The summed E-state index contributed by atoms with van der Waals surface area (Å²) in [6.07, 6.45) is 1.64. The molecule has 0 saturated heterocycles. The van der Waals surface area contributed by atoms with Gasteiger partial charge in [0.1, 0.15) is 5.69 Å². The molecular formula is C18H20ClN3O. The van der Waals surface area contributed by atoms with E-state index < -0.39 is 0 Å². The van der Waals surface area contributed by atoms with Crippen LogP contribution in [0.2, 0.25) is 5.02 Å². The summed E-state index contributed by atoms with van der Waals surface area (Å²) < 4.78 is 2.00. The fourth-order valence-corrected chi connectivity index (χ4v) is 2.89. The van der Waals surface area contributed by atoms with E-state index in [0.29, 0.717) is 22.1 Å². The van der Waals surface area contributed by atoms with E-state index in [4.69, 9.17) is 11.6 Å². The lowest BCUT2D eigenvalue weighted by Crippen LogP contribution is -2.10.